The molecule has 2 aromatic carbocycles. The molecule has 1 amide bonds. The Morgan fingerprint density at radius 2 is 1.58 bits per heavy atom. The van der Waals surface area contributed by atoms with E-state index in [1.807, 2.05) is 6.07 Å². The molecular weight excluding hydrogens is 242 g/mol. The van der Waals surface area contributed by atoms with Crippen LogP contribution in [0.5, 0.6) is 0 Å². The summed E-state index contributed by atoms with van der Waals surface area (Å²) in [5, 5.41) is 11.4. The zero-order valence-corrected chi connectivity index (χ0v) is 10.2. The molecule has 0 atom stereocenters. The van der Waals surface area contributed by atoms with E-state index >= 15 is 0 Å². The van der Waals surface area contributed by atoms with Gasteiger partial charge in [0.25, 0.3) is 5.91 Å². The molecule has 0 heterocycles. The van der Waals surface area contributed by atoms with E-state index in [0.29, 0.717) is 16.8 Å². The molecular formula is C15H13NO3. The Morgan fingerprint density at radius 3 is 2.16 bits per heavy atom. The van der Waals surface area contributed by atoms with Crippen molar-refractivity contribution >= 4 is 17.6 Å². The second-order valence-electron chi connectivity index (χ2n) is 4.09. The van der Waals surface area contributed by atoms with Crippen LogP contribution in [0.1, 0.15) is 15.9 Å². The summed E-state index contributed by atoms with van der Waals surface area (Å²) in [7, 11) is 0. The van der Waals surface area contributed by atoms with Crippen LogP contribution in [0.2, 0.25) is 0 Å². The van der Waals surface area contributed by atoms with E-state index < -0.39 is 5.97 Å². The van der Waals surface area contributed by atoms with E-state index in [2.05, 4.69) is 5.32 Å². The second-order valence-corrected chi connectivity index (χ2v) is 4.09. The van der Waals surface area contributed by atoms with E-state index in [0.717, 1.165) is 0 Å². The van der Waals surface area contributed by atoms with Gasteiger partial charge in [-0.15, -0.1) is 0 Å². The smallest absolute Gasteiger partial charge is 0.307 e. The van der Waals surface area contributed by atoms with E-state index in [9.17, 15) is 9.59 Å². The summed E-state index contributed by atoms with van der Waals surface area (Å²) in [5.41, 5.74) is 1.92. The van der Waals surface area contributed by atoms with E-state index in [-0.39, 0.29) is 12.3 Å². The number of amides is 1. The summed E-state index contributed by atoms with van der Waals surface area (Å²) in [6, 6.07) is 15.7. The molecule has 0 spiro atoms. The van der Waals surface area contributed by atoms with Gasteiger partial charge in [0.15, 0.2) is 0 Å². The van der Waals surface area contributed by atoms with Crippen LogP contribution in [0, 0.1) is 0 Å². The Morgan fingerprint density at radius 1 is 0.947 bits per heavy atom. The normalized spacial score (nSPS) is 9.89. The van der Waals surface area contributed by atoms with Crippen molar-refractivity contribution in [1.29, 1.82) is 0 Å². The summed E-state index contributed by atoms with van der Waals surface area (Å²) >= 11 is 0. The number of anilines is 1. The molecule has 0 aromatic heterocycles. The molecule has 0 aliphatic rings. The fourth-order valence-corrected chi connectivity index (χ4v) is 1.67. The van der Waals surface area contributed by atoms with Crippen molar-refractivity contribution < 1.29 is 14.7 Å². The molecule has 0 aliphatic heterocycles. The highest BCUT2D eigenvalue weighted by Crippen LogP contribution is 2.11. The van der Waals surface area contributed by atoms with Crippen molar-refractivity contribution in [3.63, 3.8) is 0 Å². The molecule has 0 fully saturated rings. The summed E-state index contributed by atoms with van der Waals surface area (Å²) < 4.78 is 0. The minimum absolute atomic E-state index is 0.0209. The number of carboxylic acid groups (broad SMARTS) is 1. The van der Waals surface area contributed by atoms with Gasteiger partial charge in [0.05, 0.1) is 6.42 Å². The van der Waals surface area contributed by atoms with Gasteiger partial charge in [0, 0.05) is 11.3 Å². The third kappa shape index (κ3) is 3.67. The minimum Gasteiger partial charge on any atom is -0.481 e. The van der Waals surface area contributed by atoms with Crippen LogP contribution in [-0.2, 0) is 11.2 Å². The lowest BCUT2D eigenvalue weighted by Crippen LogP contribution is -2.11. The predicted octanol–water partition coefficient (Wildman–Crippen LogP) is 2.57. The molecule has 4 heteroatoms. The molecule has 96 valence electrons. The van der Waals surface area contributed by atoms with Gasteiger partial charge < -0.3 is 10.4 Å². The highest BCUT2D eigenvalue weighted by atomic mass is 16.4. The Hall–Kier alpha value is -2.62. The van der Waals surface area contributed by atoms with Gasteiger partial charge in [-0.05, 0) is 29.8 Å². The second kappa shape index (κ2) is 5.82. The van der Waals surface area contributed by atoms with Crippen LogP contribution in [0.15, 0.2) is 54.6 Å². The summed E-state index contributed by atoms with van der Waals surface area (Å²) in [5.74, 6) is -1.06. The molecule has 0 unspecified atom stereocenters. The summed E-state index contributed by atoms with van der Waals surface area (Å²) in [6.07, 6.45) is -0.0209. The predicted molar refractivity (Wildman–Crippen MR) is 72.2 cm³/mol. The fraction of sp³-hybridized carbons (Fsp3) is 0.0667. The minimum atomic E-state index is -0.874. The number of benzene rings is 2. The molecule has 0 saturated carbocycles. The number of carbonyl (C=O) groups excluding carboxylic acids is 1. The van der Waals surface area contributed by atoms with E-state index in [4.69, 9.17) is 5.11 Å². The maximum atomic E-state index is 11.9. The first-order valence-electron chi connectivity index (χ1n) is 5.82. The first kappa shape index (κ1) is 12.8. The van der Waals surface area contributed by atoms with Gasteiger partial charge >= 0.3 is 5.97 Å². The highest BCUT2D eigenvalue weighted by Gasteiger charge is 2.05. The molecule has 0 aliphatic carbocycles. The lowest BCUT2D eigenvalue weighted by Gasteiger charge is -2.05. The monoisotopic (exact) mass is 255 g/mol. The number of nitrogens with one attached hydrogen (secondary N) is 1. The first-order chi connectivity index (χ1) is 9.15. The number of rotatable bonds is 4. The average Bonchev–Trinajstić information content (AvgIpc) is 2.41. The highest BCUT2D eigenvalue weighted by molar-refractivity contribution is 6.04. The molecule has 2 N–H and O–H groups in total. The fourth-order valence-electron chi connectivity index (χ4n) is 1.67. The third-order valence-electron chi connectivity index (χ3n) is 2.60. The topological polar surface area (TPSA) is 66.4 Å². The van der Waals surface area contributed by atoms with Crippen molar-refractivity contribution in [3.05, 3.63) is 65.7 Å². The van der Waals surface area contributed by atoms with Crippen molar-refractivity contribution in [2.75, 3.05) is 5.32 Å². The molecule has 2 rings (SSSR count). The number of hydrogen-bond donors (Lipinski definition) is 2. The van der Waals surface area contributed by atoms with Crippen LogP contribution in [0.3, 0.4) is 0 Å². The SMILES string of the molecule is O=C(O)Cc1ccc(NC(=O)c2ccccc2)cc1. The average molecular weight is 255 g/mol. The maximum absolute atomic E-state index is 11.9. The van der Waals surface area contributed by atoms with Crippen LogP contribution in [0.25, 0.3) is 0 Å². The number of carbonyl (C=O) groups is 2. The van der Waals surface area contributed by atoms with Crippen LogP contribution in [0.4, 0.5) is 5.69 Å². The Bertz CT molecular complexity index is 576. The zero-order valence-electron chi connectivity index (χ0n) is 10.2. The van der Waals surface area contributed by atoms with Gasteiger partial charge in [-0.2, -0.15) is 0 Å². The Balaban J connectivity index is 2.04. The quantitative estimate of drug-likeness (QED) is 0.882. The lowest BCUT2D eigenvalue weighted by molar-refractivity contribution is -0.136. The standard InChI is InChI=1S/C15H13NO3/c17-14(18)10-11-6-8-13(9-7-11)16-15(19)12-4-2-1-3-5-12/h1-9H,10H2,(H,16,19)(H,17,18). The number of carboxylic acids is 1. The third-order valence-corrected chi connectivity index (χ3v) is 2.60. The van der Waals surface area contributed by atoms with Crippen molar-refractivity contribution in [1.82, 2.24) is 0 Å². The maximum Gasteiger partial charge on any atom is 0.307 e. The largest absolute Gasteiger partial charge is 0.481 e. The summed E-state index contributed by atoms with van der Waals surface area (Å²) in [4.78, 5) is 22.4. The van der Waals surface area contributed by atoms with Crippen molar-refractivity contribution in [2.45, 2.75) is 6.42 Å². The first-order valence-corrected chi connectivity index (χ1v) is 5.82. The summed E-state index contributed by atoms with van der Waals surface area (Å²) in [6.45, 7) is 0. The molecule has 0 saturated heterocycles. The van der Waals surface area contributed by atoms with Crippen LogP contribution < -0.4 is 5.32 Å². The molecule has 2 aromatic rings. The number of aliphatic carboxylic acids is 1. The van der Waals surface area contributed by atoms with Gasteiger partial charge in [0.2, 0.25) is 0 Å². The van der Waals surface area contributed by atoms with Gasteiger partial charge in [0.1, 0.15) is 0 Å². The lowest BCUT2D eigenvalue weighted by atomic mass is 10.1. The zero-order chi connectivity index (χ0) is 13.7. The molecule has 0 bridgehead atoms. The molecule has 0 radical (unpaired) electrons. The molecule has 4 nitrogen and oxygen atoms in total. The van der Waals surface area contributed by atoms with Crippen LogP contribution >= 0.6 is 0 Å². The van der Waals surface area contributed by atoms with Gasteiger partial charge in [-0.1, -0.05) is 30.3 Å². The van der Waals surface area contributed by atoms with Crippen molar-refractivity contribution in [3.8, 4) is 0 Å². The van der Waals surface area contributed by atoms with Crippen LogP contribution in [-0.4, -0.2) is 17.0 Å². The molecule has 19 heavy (non-hydrogen) atoms. The number of hydrogen-bond acceptors (Lipinski definition) is 2. The van der Waals surface area contributed by atoms with Gasteiger partial charge in [-0.25, -0.2) is 0 Å². The van der Waals surface area contributed by atoms with E-state index in [1.54, 1.807) is 48.5 Å². The van der Waals surface area contributed by atoms with Gasteiger partial charge in [-0.3, -0.25) is 9.59 Å². The Labute approximate surface area is 110 Å². The Kier molecular flexibility index (Phi) is 3.93. The van der Waals surface area contributed by atoms with Crippen molar-refractivity contribution in [2.24, 2.45) is 0 Å². The van der Waals surface area contributed by atoms with E-state index in [1.165, 1.54) is 0 Å².